The molecular formula is C14H20F3NO. The lowest BCUT2D eigenvalue weighted by atomic mass is 9.99. The maximum atomic E-state index is 13.0. The molecule has 0 bridgehead atoms. The number of alkyl halides is 3. The Kier molecular flexibility index (Phi) is 5.38. The van der Waals surface area contributed by atoms with Crippen molar-refractivity contribution in [1.29, 1.82) is 0 Å². The van der Waals surface area contributed by atoms with Crippen molar-refractivity contribution in [3.63, 3.8) is 0 Å². The van der Waals surface area contributed by atoms with Crippen LogP contribution in [0, 0.1) is 0 Å². The maximum absolute atomic E-state index is 13.0. The van der Waals surface area contributed by atoms with Gasteiger partial charge in [-0.1, -0.05) is 43.7 Å². The fourth-order valence-corrected chi connectivity index (χ4v) is 2.02. The molecule has 2 nitrogen and oxygen atoms in total. The highest BCUT2D eigenvalue weighted by atomic mass is 19.4. The number of hydrogen-bond donors (Lipinski definition) is 2. The van der Waals surface area contributed by atoms with Crippen molar-refractivity contribution in [3.8, 4) is 0 Å². The third-order valence-electron chi connectivity index (χ3n) is 2.94. The number of rotatable bonds is 6. The van der Waals surface area contributed by atoms with Gasteiger partial charge in [-0.2, -0.15) is 13.2 Å². The van der Waals surface area contributed by atoms with Crippen LogP contribution in [0.2, 0.25) is 0 Å². The van der Waals surface area contributed by atoms with E-state index >= 15 is 0 Å². The van der Waals surface area contributed by atoms with Gasteiger partial charge in [0, 0.05) is 6.54 Å². The standard InChI is InChI=1S/C14H20F3NO/c1-3-9-13(2,19)10-18-12(14(15,16)17)11-7-5-4-6-8-11/h4-8,12,18-19H,3,9-10H2,1-2H3. The first-order valence-corrected chi connectivity index (χ1v) is 6.34. The topological polar surface area (TPSA) is 32.3 Å². The molecule has 0 fully saturated rings. The zero-order valence-corrected chi connectivity index (χ0v) is 11.2. The van der Waals surface area contributed by atoms with Crippen LogP contribution in [-0.4, -0.2) is 23.4 Å². The van der Waals surface area contributed by atoms with Crippen LogP contribution in [-0.2, 0) is 0 Å². The largest absolute Gasteiger partial charge is 0.407 e. The molecule has 108 valence electrons. The minimum absolute atomic E-state index is 0.0973. The van der Waals surface area contributed by atoms with Gasteiger partial charge in [0.2, 0.25) is 0 Å². The molecule has 0 saturated carbocycles. The molecule has 5 heteroatoms. The molecule has 1 rings (SSSR count). The highest BCUT2D eigenvalue weighted by Gasteiger charge is 2.41. The van der Waals surface area contributed by atoms with Gasteiger partial charge in [0.05, 0.1) is 5.60 Å². The summed E-state index contributed by atoms with van der Waals surface area (Å²) in [5.74, 6) is 0. The SMILES string of the molecule is CCCC(C)(O)CNC(c1ccccc1)C(F)(F)F. The Labute approximate surface area is 111 Å². The normalized spacial score (nSPS) is 16.9. The fraction of sp³-hybridized carbons (Fsp3) is 0.571. The van der Waals surface area contributed by atoms with Crippen molar-refractivity contribution < 1.29 is 18.3 Å². The van der Waals surface area contributed by atoms with Crippen molar-refractivity contribution in [1.82, 2.24) is 5.32 Å². The molecule has 0 saturated heterocycles. The van der Waals surface area contributed by atoms with E-state index < -0.39 is 17.8 Å². The molecule has 0 aromatic heterocycles. The summed E-state index contributed by atoms with van der Waals surface area (Å²) in [5, 5.41) is 12.4. The van der Waals surface area contributed by atoms with Crippen LogP contribution in [0.5, 0.6) is 0 Å². The quantitative estimate of drug-likeness (QED) is 0.833. The van der Waals surface area contributed by atoms with Gasteiger partial charge in [0.1, 0.15) is 6.04 Å². The van der Waals surface area contributed by atoms with Crippen molar-refractivity contribution in [2.45, 2.75) is 44.5 Å². The summed E-state index contributed by atoms with van der Waals surface area (Å²) < 4.78 is 39.1. The summed E-state index contributed by atoms with van der Waals surface area (Å²) in [6.07, 6.45) is -3.21. The predicted molar refractivity (Wildman–Crippen MR) is 68.8 cm³/mol. The van der Waals surface area contributed by atoms with Crippen molar-refractivity contribution >= 4 is 0 Å². The maximum Gasteiger partial charge on any atom is 0.407 e. The van der Waals surface area contributed by atoms with Crippen LogP contribution >= 0.6 is 0 Å². The van der Waals surface area contributed by atoms with Gasteiger partial charge in [0.25, 0.3) is 0 Å². The molecule has 0 heterocycles. The first-order chi connectivity index (χ1) is 8.76. The summed E-state index contributed by atoms with van der Waals surface area (Å²) in [5.41, 5.74) is -0.977. The number of nitrogens with one attached hydrogen (secondary N) is 1. The molecule has 1 aromatic rings. The van der Waals surface area contributed by atoms with Crippen molar-refractivity contribution in [3.05, 3.63) is 35.9 Å². The van der Waals surface area contributed by atoms with Gasteiger partial charge in [-0.15, -0.1) is 0 Å². The van der Waals surface area contributed by atoms with Crippen LogP contribution < -0.4 is 5.32 Å². The molecule has 0 amide bonds. The summed E-state index contributed by atoms with van der Waals surface area (Å²) in [4.78, 5) is 0. The Bertz CT molecular complexity index is 376. The first kappa shape index (κ1) is 16.0. The predicted octanol–water partition coefficient (Wildman–Crippen LogP) is 3.43. The van der Waals surface area contributed by atoms with E-state index in [9.17, 15) is 18.3 Å². The van der Waals surface area contributed by atoms with Gasteiger partial charge in [0.15, 0.2) is 0 Å². The van der Waals surface area contributed by atoms with Crippen LogP contribution in [0.4, 0.5) is 13.2 Å². The smallest absolute Gasteiger partial charge is 0.389 e. The van der Waals surface area contributed by atoms with E-state index in [0.717, 1.165) is 6.42 Å². The molecule has 2 atom stereocenters. The Morgan fingerprint density at radius 2 is 1.79 bits per heavy atom. The Hall–Kier alpha value is -1.07. The molecule has 0 spiro atoms. The van der Waals surface area contributed by atoms with Gasteiger partial charge in [-0.25, -0.2) is 0 Å². The van der Waals surface area contributed by atoms with Gasteiger partial charge in [-0.3, -0.25) is 5.32 Å². The molecule has 0 aliphatic heterocycles. The number of benzene rings is 1. The van der Waals surface area contributed by atoms with E-state index in [4.69, 9.17) is 0 Å². The second-order valence-electron chi connectivity index (χ2n) is 5.01. The van der Waals surface area contributed by atoms with Crippen molar-refractivity contribution in [2.75, 3.05) is 6.54 Å². The Balaban J connectivity index is 2.78. The molecule has 0 aliphatic rings. The number of halogens is 3. The molecule has 2 N–H and O–H groups in total. The molecule has 1 aromatic carbocycles. The lowest BCUT2D eigenvalue weighted by Gasteiger charge is -2.28. The van der Waals surface area contributed by atoms with E-state index in [2.05, 4.69) is 5.32 Å². The van der Waals surface area contributed by atoms with Crippen LogP contribution in [0.25, 0.3) is 0 Å². The average Bonchev–Trinajstić information content (AvgIpc) is 2.28. The summed E-state index contributed by atoms with van der Waals surface area (Å²) in [6.45, 7) is 3.33. The number of hydrogen-bond acceptors (Lipinski definition) is 2. The monoisotopic (exact) mass is 275 g/mol. The van der Waals surface area contributed by atoms with Gasteiger partial charge < -0.3 is 5.11 Å². The Morgan fingerprint density at radius 3 is 2.26 bits per heavy atom. The minimum atomic E-state index is -4.39. The second-order valence-corrected chi connectivity index (χ2v) is 5.01. The molecule has 0 aliphatic carbocycles. The third-order valence-corrected chi connectivity index (χ3v) is 2.94. The zero-order valence-electron chi connectivity index (χ0n) is 11.2. The summed E-state index contributed by atoms with van der Waals surface area (Å²) >= 11 is 0. The van der Waals surface area contributed by atoms with E-state index in [1.165, 1.54) is 12.1 Å². The van der Waals surface area contributed by atoms with E-state index in [1.807, 2.05) is 6.92 Å². The average molecular weight is 275 g/mol. The molecule has 19 heavy (non-hydrogen) atoms. The molecule has 0 radical (unpaired) electrons. The number of aliphatic hydroxyl groups is 1. The summed E-state index contributed by atoms with van der Waals surface area (Å²) in [6, 6.07) is 5.92. The molecular weight excluding hydrogens is 255 g/mol. The van der Waals surface area contributed by atoms with E-state index in [-0.39, 0.29) is 12.1 Å². The minimum Gasteiger partial charge on any atom is -0.389 e. The van der Waals surface area contributed by atoms with Gasteiger partial charge >= 0.3 is 6.18 Å². The third kappa shape index (κ3) is 5.20. The zero-order chi connectivity index (χ0) is 14.5. The van der Waals surface area contributed by atoms with Crippen molar-refractivity contribution in [2.24, 2.45) is 0 Å². The van der Waals surface area contributed by atoms with Crippen LogP contribution in [0.3, 0.4) is 0 Å². The van der Waals surface area contributed by atoms with E-state index in [0.29, 0.717) is 6.42 Å². The second kappa shape index (κ2) is 6.39. The fourth-order valence-electron chi connectivity index (χ4n) is 2.02. The highest BCUT2D eigenvalue weighted by Crippen LogP contribution is 2.32. The molecule has 2 unspecified atom stereocenters. The van der Waals surface area contributed by atoms with Gasteiger partial charge in [-0.05, 0) is 18.9 Å². The highest BCUT2D eigenvalue weighted by molar-refractivity contribution is 5.20. The van der Waals surface area contributed by atoms with Crippen LogP contribution in [0.15, 0.2) is 30.3 Å². The van der Waals surface area contributed by atoms with E-state index in [1.54, 1.807) is 25.1 Å². The van der Waals surface area contributed by atoms with Crippen LogP contribution in [0.1, 0.15) is 38.3 Å². The Morgan fingerprint density at radius 1 is 1.21 bits per heavy atom. The summed E-state index contributed by atoms with van der Waals surface area (Å²) in [7, 11) is 0. The lowest BCUT2D eigenvalue weighted by molar-refractivity contribution is -0.160. The first-order valence-electron chi connectivity index (χ1n) is 6.34. The lowest BCUT2D eigenvalue weighted by Crippen LogP contribution is -2.43.